The van der Waals surface area contributed by atoms with Crippen LogP contribution in [0.4, 0.5) is 10.2 Å². The molecule has 0 bridgehead atoms. The summed E-state index contributed by atoms with van der Waals surface area (Å²) in [5, 5.41) is 2.73. The number of pyridine rings is 1. The molecule has 0 unspecified atom stereocenters. The van der Waals surface area contributed by atoms with Gasteiger partial charge in [-0.3, -0.25) is 14.8 Å². The van der Waals surface area contributed by atoms with Crippen LogP contribution in [0.25, 0.3) is 16.8 Å². The lowest BCUT2D eigenvalue weighted by molar-refractivity contribution is -0.115. The Balaban J connectivity index is 1.66. The number of benzene rings is 1. The summed E-state index contributed by atoms with van der Waals surface area (Å²) in [6.07, 6.45) is 12.1. The summed E-state index contributed by atoms with van der Waals surface area (Å²) < 4.78 is 14.5. The lowest BCUT2D eigenvalue weighted by atomic mass is 10.0. The molecule has 0 spiro atoms. The molecule has 0 radical (unpaired) electrons. The van der Waals surface area contributed by atoms with Crippen LogP contribution in [0.1, 0.15) is 25.0 Å². The maximum atomic E-state index is 14.5. The van der Waals surface area contributed by atoms with Crippen LogP contribution in [0.3, 0.4) is 0 Å². The largest absolute Gasteiger partial charge is 0.310 e. The maximum absolute atomic E-state index is 14.5. The summed E-state index contributed by atoms with van der Waals surface area (Å²) in [4.78, 5) is 24.8. The van der Waals surface area contributed by atoms with Crippen molar-refractivity contribution in [2.24, 2.45) is 0 Å². The molecule has 1 amide bonds. The van der Waals surface area contributed by atoms with E-state index in [1.807, 2.05) is 32.1 Å². The Morgan fingerprint density at radius 2 is 1.97 bits per heavy atom. The van der Waals surface area contributed by atoms with Crippen LogP contribution in [0.5, 0.6) is 0 Å². The van der Waals surface area contributed by atoms with Crippen LogP contribution in [-0.2, 0) is 11.2 Å². The molecular formula is C23H21FN4O. The van der Waals surface area contributed by atoms with Crippen molar-refractivity contribution in [1.29, 1.82) is 0 Å². The van der Waals surface area contributed by atoms with Crippen LogP contribution in [0.2, 0.25) is 0 Å². The van der Waals surface area contributed by atoms with E-state index in [0.717, 1.165) is 11.1 Å². The summed E-state index contributed by atoms with van der Waals surface area (Å²) >= 11 is 0. The Labute approximate surface area is 169 Å². The standard InChI is InChI=1S/C23H21FN4O/c1-3-5-17(4-2)19-8-6-16(12-20(19)24)13-23(29)28-22-9-7-18(14-27-22)21-15-25-10-11-26-21/h3-12,14-15H,13H2,1-2H3,(H,27,28,29). The third kappa shape index (κ3) is 5.19. The van der Waals surface area contributed by atoms with Gasteiger partial charge in [0.25, 0.3) is 0 Å². The zero-order chi connectivity index (χ0) is 20.6. The Bertz CT molecular complexity index is 1040. The monoisotopic (exact) mass is 388 g/mol. The van der Waals surface area contributed by atoms with Crippen LogP contribution < -0.4 is 5.32 Å². The molecule has 0 saturated carbocycles. The van der Waals surface area contributed by atoms with Crippen LogP contribution in [0, 0.1) is 5.82 Å². The van der Waals surface area contributed by atoms with Gasteiger partial charge in [0.2, 0.25) is 5.91 Å². The fourth-order valence-corrected chi connectivity index (χ4v) is 2.86. The van der Waals surface area contributed by atoms with Gasteiger partial charge in [-0.25, -0.2) is 9.37 Å². The van der Waals surface area contributed by atoms with Crippen LogP contribution in [0.15, 0.2) is 73.3 Å². The third-order valence-corrected chi connectivity index (χ3v) is 4.26. The minimum absolute atomic E-state index is 0.0551. The van der Waals surface area contributed by atoms with Crippen LogP contribution >= 0.6 is 0 Å². The maximum Gasteiger partial charge on any atom is 0.229 e. The summed E-state index contributed by atoms with van der Waals surface area (Å²) in [6, 6.07) is 8.35. The van der Waals surface area contributed by atoms with Crippen molar-refractivity contribution < 1.29 is 9.18 Å². The normalized spacial score (nSPS) is 11.6. The highest BCUT2D eigenvalue weighted by molar-refractivity contribution is 5.91. The molecule has 0 aliphatic rings. The van der Waals surface area contributed by atoms with E-state index in [4.69, 9.17) is 0 Å². The smallest absolute Gasteiger partial charge is 0.229 e. The summed E-state index contributed by atoms with van der Waals surface area (Å²) in [5.74, 6) is -0.200. The topological polar surface area (TPSA) is 67.8 Å². The van der Waals surface area contributed by atoms with Crippen molar-refractivity contribution in [3.63, 3.8) is 0 Å². The highest BCUT2D eigenvalue weighted by atomic mass is 19.1. The third-order valence-electron chi connectivity index (χ3n) is 4.26. The van der Waals surface area contributed by atoms with Gasteiger partial charge in [-0.15, -0.1) is 0 Å². The Hall–Kier alpha value is -3.67. The number of carbonyl (C=O) groups is 1. The molecule has 0 fully saturated rings. The number of nitrogens with zero attached hydrogens (tertiary/aromatic N) is 3. The van der Waals surface area contributed by atoms with Gasteiger partial charge in [-0.1, -0.05) is 30.4 Å². The second kappa shape index (κ2) is 9.50. The Morgan fingerprint density at radius 1 is 1.10 bits per heavy atom. The van der Waals surface area contributed by atoms with Crippen molar-refractivity contribution in [2.75, 3.05) is 5.32 Å². The molecule has 5 nitrogen and oxygen atoms in total. The predicted octanol–water partition coefficient (Wildman–Crippen LogP) is 4.84. The second-order valence-electron chi connectivity index (χ2n) is 6.31. The van der Waals surface area contributed by atoms with Crippen molar-refractivity contribution in [1.82, 2.24) is 15.0 Å². The average Bonchev–Trinajstić information content (AvgIpc) is 2.74. The molecule has 0 aliphatic heterocycles. The SMILES string of the molecule is CC=CC(=CC)c1ccc(CC(=O)Nc2ccc(-c3cnccn3)cn2)cc1F. The number of carbonyl (C=O) groups excluding carboxylic acids is 1. The van der Waals surface area contributed by atoms with E-state index in [2.05, 4.69) is 20.3 Å². The number of amides is 1. The summed E-state index contributed by atoms with van der Waals surface area (Å²) in [5.41, 5.74) is 3.40. The molecule has 6 heteroatoms. The lowest BCUT2D eigenvalue weighted by Crippen LogP contribution is -2.15. The van der Waals surface area contributed by atoms with Gasteiger partial charge in [0, 0.05) is 29.7 Å². The van der Waals surface area contributed by atoms with Crippen molar-refractivity contribution in [2.45, 2.75) is 20.3 Å². The zero-order valence-electron chi connectivity index (χ0n) is 16.3. The fraction of sp³-hybridized carbons (Fsp3) is 0.130. The molecule has 0 atom stereocenters. The van der Waals surface area contributed by atoms with Gasteiger partial charge in [-0.2, -0.15) is 0 Å². The first-order valence-electron chi connectivity index (χ1n) is 9.21. The van der Waals surface area contributed by atoms with Gasteiger partial charge in [0.05, 0.1) is 18.3 Å². The number of halogens is 1. The molecule has 3 aromatic rings. The van der Waals surface area contributed by atoms with E-state index < -0.39 is 0 Å². The lowest BCUT2D eigenvalue weighted by Gasteiger charge is -2.08. The Morgan fingerprint density at radius 3 is 2.59 bits per heavy atom. The van der Waals surface area contributed by atoms with E-state index in [9.17, 15) is 9.18 Å². The first kappa shape index (κ1) is 20.1. The zero-order valence-corrected chi connectivity index (χ0v) is 16.3. The van der Waals surface area contributed by atoms with Crippen molar-refractivity contribution >= 4 is 17.3 Å². The van der Waals surface area contributed by atoms with E-state index in [1.54, 1.807) is 49.1 Å². The quantitative estimate of drug-likeness (QED) is 0.614. The first-order chi connectivity index (χ1) is 14.1. The number of aromatic nitrogens is 3. The number of nitrogens with one attached hydrogen (secondary N) is 1. The molecule has 2 heterocycles. The fourth-order valence-electron chi connectivity index (χ4n) is 2.86. The molecular weight excluding hydrogens is 367 g/mol. The highest BCUT2D eigenvalue weighted by Crippen LogP contribution is 2.21. The number of hydrogen-bond donors (Lipinski definition) is 1. The second-order valence-corrected chi connectivity index (χ2v) is 6.31. The van der Waals surface area contributed by atoms with Crippen molar-refractivity contribution in [3.8, 4) is 11.3 Å². The van der Waals surface area contributed by atoms with E-state index in [-0.39, 0.29) is 18.1 Å². The van der Waals surface area contributed by atoms with E-state index in [1.165, 1.54) is 6.07 Å². The summed E-state index contributed by atoms with van der Waals surface area (Å²) in [7, 11) is 0. The van der Waals surface area contributed by atoms with Gasteiger partial charge in [-0.05, 0) is 43.2 Å². The van der Waals surface area contributed by atoms with E-state index in [0.29, 0.717) is 22.6 Å². The number of hydrogen-bond acceptors (Lipinski definition) is 4. The van der Waals surface area contributed by atoms with Crippen molar-refractivity contribution in [3.05, 3.63) is 90.3 Å². The Kier molecular flexibility index (Phi) is 6.58. The van der Waals surface area contributed by atoms with Gasteiger partial charge >= 0.3 is 0 Å². The molecule has 0 saturated heterocycles. The van der Waals surface area contributed by atoms with Crippen LogP contribution in [-0.4, -0.2) is 20.9 Å². The van der Waals surface area contributed by atoms with Gasteiger partial charge in [0.15, 0.2) is 0 Å². The average molecular weight is 388 g/mol. The van der Waals surface area contributed by atoms with Gasteiger partial charge in [0.1, 0.15) is 11.6 Å². The van der Waals surface area contributed by atoms with E-state index >= 15 is 0 Å². The first-order valence-corrected chi connectivity index (χ1v) is 9.21. The highest BCUT2D eigenvalue weighted by Gasteiger charge is 2.10. The summed E-state index contributed by atoms with van der Waals surface area (Å²) in [6.45, 7) is 3.74. The minimum atomic E-state index is -0.354. The number of rotatable bonds is 6. The molecule has 0 aliphatic carbocycles. The molecule has 29 heavy (non-hydrogen) atoms. The molecule has 1 N–H and O–H groups in total. The number of allylic oxidation sites excluding steroid dienone is 4. The van der Waals surface area contributed by atoms with Gasteiger partial charge < -0.3 is 5.32 Å². The molecule has 1 aromatic carbocycles. The molecule has 2 aromatic heterocycles. The molecule has 146 valence electrons. The molecule has 3 rings (SSSR count). The minimum Gasteiger partial charge on any atom is -0.310 e. The predicted molar refractivity (Wildman–Crippen MR) is 112 cm³/mol. The number of anilines is 1.